The molecule has 0 spiro atoms. The van der Waals surface area contributed by atoms with Gasteiger partial charge in [0.1, 0.15) is 24.0 Å². The van der Waals surface area contributed by atoms with Gasteiger partial charge in [0.05, 0.1) is 22.4 Å². The van der Waals surface area contributed by atoms with Crippen molar-refractivity contribution in [2.24, 2.45) is 0 Å². The molecule has 9 rings (SSSR count). The van der Waals surface area contributed by atoms with E-state index in [9.17, 15) is 0 Å². The van der Waals surface area contributed by atoms with Gasteiger partial charge in [-0.25, -0.2) is 4.98 Å². The topological polar surface area (TPSA) is 33.5 Å². The highest BCUT2D eigenvalue weighted by Crippen LogP contribution is 2.51. The van der Waals surface area contributed by atoms with E-state index in [1.807, 2.05) is 6.20 Å². The zero-order valence-corrected chi connectivity index (χ0v) is 42.7. The molecular weight excluding hydrogens is 817 g/mol. The van der Waals surface area contributed by atoms with Gasteiger partial charge in [0.25, 0.3) is 0 Å². The Labute approximate surface area is 400 Å². The standard InChI is InChI=1S/C62H70N4O/c1-58(2,3)41-24-22-40(23-25-41)50-20-17-21-54-57(50)65(47-33-44(61(10,11)12)32-45(34-47)62(13,14)15)39-64(54)46-18-16-19-48(37-46)67-49-27-28-51-52-35-42(59(4,5)6)26-29-53(52)66(55(51)38-49)56-36-43(30-31-63-56)60(7,8)9/h16-38H,39H2,1-15H3. The molecule has 0 saturated heterocycles. The van der Waals surface area contributed by atoms with E-state index in [0.717, 1.165) is 34.0 Å². The predicted octanol–water partition coefficient (Wildman–Crippen LogP) is 17.4. The first-order chi connectivity index (χ1) is 31.3. The van der Waals surface area contributed by atoms with Crippen LogP contribution in [0.3, 0.4) is 0 Å². The molecule has 0 fully saturated rings. The molecule has 0 amide bonds. The Bertz CT molecular complexity index is 3120. The Kier molecular flexibility index (Phi) is 11.1. The third-order valence-corrected chi connectivity index (χ3v) is 13.7. The van der Waals surface area contributed by atoms with E-state index in [-0.39, 0.29) is 27.1 Å². The van der Waals surface area contributed by atoms with Crippen molar-refractivity contribution >= 4 is 44.6 Å². The lowest BCUT2D eigenvalue weighted by Crippen LogP contribution is -2.25. The van der Waals surface area contributed by atoms with E-state index in [1.54, 1.807) is 0 Å². The van der Waals surface area contributed by atoms with E-state index in [4.69, 9.17) is 9.72 Å². The summed E-state index contributed by atoms with van der Waals surface area (Å²) in [5.41, 5.74) is 15.8. The van der Waals surface area contributed by atoms with Crippen molar-refractivity contribution in [1.82, 2.24) is 9.55 Å². The molecule has 1 aliphatic rings. The molecule has 2 aromatic heterocycles. The molecule has 5 nitrogen and oxygen atoms in total. The number of para-hydroxylation sites is 1. The minimum atomic E-state index is -0.0219. The van der Waals surface area contributed by atoms with Gasteiger partial charge in [-0.1, -0.05) is 158 Å². The number of hydrogen-bond acceptors (Lipinski definition) is 4. The van der Waals surface area contributed by atoms with Gasteiger partial charge in [-0.2, -0.15) is 0 Å². The number of hydrogen-bond donors (Lipinski definition) is 0. The van der Waals surface area contributed by atoms with E-state index in [0.29, 0.717) is 6.67 Å². The summed E-state index contributed by atoms with van der Waals surface area (Å²) in [6.45, 7) is 35.0. The minimum Gasteiger partial charge on any atom is -0.457 e. The monoisotopic (exact) mass is 887 g/mol. The van der Waals surface area contributed by atoms with Crippen molar-refractivity contribution in [2.75, 3.05) is 16.5 Å². The van der Waals surface area contributed by atoms with Crippen LogP contribution in [-0.4, -0.2) is 16.2 Å². The summed E-state index contributed by atoms with van der Waals surface area (Å²) in [5, 5.41) is 2.39. The van der Waals surface area contributed by atoms with Gasteiger partial charge in [0, 0.05) is 46.0 Å². The summed E-state index contributed by atoms with van der Waals surface area (Å²) in [4.78, 5) is 9.94. The largest absolute Gasteiger partial charge is 0.457 e. The maximum Gasteiger partial charge on any atom is 0.137 e. The molecular formula is C62H70N4O. The molecule has 0 N–H and O–H groups in total. The van der Waals surface area contributed by atoms with E-state index in [1.165, 1.54) is 66.8 Å². The average molecular weight is 887 g/mol. The Balaban J connectivity index is 1.15. The summed E-state index contributed by atoms with van der Waals surface area (Å²) in [7, 11) is 0. The SMILES string of the molecule is CC(C)(C)c1ccc(-c2cccc3c2N(c2cc(C(C)(C)C)cc(C(C)(C)C)c2)CN3c2cccc(Oc3ccc4c5cc(C(C)(C)C)ccc5n(-c5cc(C(C)(C)C)ccn5)c4c3)c2)cc1. The number of benzene rings is 6. The van der Waals surface area contributed by atoms with Crippen molar-refractivity contribution < 1.29 is 4.74 Å². The van der Waals surface area contributed by atoms with Gasteiger partial charge in [0.2, 0.25) is 0 Å². The summed E-state index contributed by atoms with van der Waals surface area (Å²) >= 11 is 0. The Morgan fingerprint density at radius 2 is 1.03 bits per heavy atom. The van der Waals surface area contributed by atoms with Crippen LogP contribution in [-0.2, 0) is 27.1 Å². The fraction of sp³-hybridized carbons (Fsp3) is 0.339. The second kappa shape index (κ2) is 16.2. The van der Waals surface area contributed by atoms with Gasteiger partial charge in [0.15, 0.2) is 0 Å². The Morgan fingerprint density at radius 3 is 1.67 bits per heavy atom. The molecule has 5 heteroatoms. The average Bonchev–Trinajstić information content (AvgIpc) is 3.81. The maximum absolute atomic E-state index is 6.89. The van der Waals surface area contributed by atoms with Crippen molar-refractivity contribution in [1.29, 1.82) is 0 Å². The second-order valence-electron chi connectivity index (χ2n) is 24.0. The summed E-state index contributed by atoms with van der Waals surface area (Å²) in [5.74, 6) is 2.45. The van der Waals surface area contributed by atoms with Gasteiger partial charge in [-0.15, -0.1) is 0 Å². The highest BCUT2D eigenvalue weighted by atomic mass is 16.5. The molecule has 0 aliphatic carbocycles. The van der Waals surface area contributed by atoms with Gasteiger partial charge in [-0.3, -0.25) is 4.57 Å². The van der Waals surface area contributed by atoms with Crippen LogP contribution in [0.2, 0.25) is 0 Å². The number of fused-ring (bicyclic) bond motifs is 4. The molecule has 0 unspecified atom stereocenters. The summed E-state index contributed by atoms with van der Waals surface area (Å²) < 4.78 is 9.20. The third-order valence-electron chi connectivity index (χ3n) is 13.7. The normalized spacial score (nSPS) is 13.8. The smallest absolute Gasteiger partial charge is 0.137 e. The Hall–Kier alpha value is -6.33. The summed E-state index contributed by atoms with van der Waals surface area (Å²) in [6, 6.07) is 49.5. The van der Waals surface area contributed by atoms with Gasteiger partial charge < -0.3 is 14.5 Å². The summed E-state index contributed by atoms with van der Waals surface area (Å²) in [6.07, 6.45) is 1.94. The molecule has 0 radical (unpaired) electrons. The van der Waals surface area contributed by atoms with E-state index < -0.39 is 0 Å². The van der Waals surface area contributed by atoms with Gasteiger partial charge in [-0.05, 0) is 127 Å². The molecule has 67 heavy (non-hydrogen) atoms. The second-order valence-corrected chi connectivity index (χ2v) is 24.0. The van der Waals surface area contributed by atoms with Crippen molar-refractivity contribution in [2.45, 2.75) is 131 Å². The fourth-order valence-corrected chi connectivity index (χ4v) is 9.40. The predicted molar refractivity (Wildman–Crippen MR) is 286 cm³/mol. The first-order valence-electron chi connectivity index (χ1n) is 24.1. The van der Waals surface area contributed by atoms with Crippen LogP contribution in [0.15, 0.2) is 140 Å². The molecule has 0 saturated carbocycles. The quantitative estimate of drug-likeness (QED) is 0.167. The van der Waals surface area contributed by atoms with E-state index >= 15 is 0 Å². The molecule has 0 bridgehead atoms. The number of rotatable bonds is 6. The number of ether oxygens (including phenoxy) is 1. The van der Waals surface area contributed by atoms with Crippen LogP contribution in [0.1, 0.15) is 132 Å². The highest BCUT2D eigenvalue weighted by molar-refractivity contribution is 6.10. The van der Waals surface area contributed by atoms with E-state index in [2.05, 4.69) is 252 Å². The number of anilines is 4. The first-order valence-corrected chi connectivity index (χ1v) is 24.1. The molecule has 8 aromatic rings. The zero-order chi connectivity index (χ0) is 48.0. The van der Waals surface area contributed by atoms with Crippen LogP contribution in [0.4, 0.5) is 22.7 Å². The van der Waals surface area contributed by atoms with Crippen molar-refractivity contribution in [3.63, 3.8) is 0 Å². The van der Waals surface area contributed by atoms with Crippen molar-refractivity contribution in [3.05, 3.63) is 167 Å². The molecule has 344 valence electrons. The lowest BCUT2D eigenvalue weighted by Gasteiger charge is -2.30. The number of aromatic nitrogens is 2. The van der Waals surface area contributed by atoms with Crippen LogP contribution in [0.5, 0.6) is 11.5 Å². The number of pyridine rings is 1. The fourth-order valence-electron chi connectivity index (χ4n) is 9.40. The highest BCUT2D eigenvalue weighted by Gasteiger charge is 2.33. The maximum atomic E-state index is 6.89. The lowest BCUT2D eigenvalue weighted by atomic mass is 9.80. The van der Waals surface area contributed by atoms with Crippen LogP contribution in [0, 0.1) is 0 Å². The molecule has 1 aliphatic heterocycles. The van der Waals surface area contributed by atoms with Crippen LogP contribution >= 0.6 is 0 Å². The van der Waals surface area contributed by atoms with Crippen LogP contribution < -0.4 is 14.5 Å². The zero-order valence-electron chi connectivity index (χ0n) is 42.7. The molecule has 6 aromatic carbocycles. The lowest BCUT2D eigenvalue weighted by molar-refractivity contribution is 0.483. The van der Waals surface area contributed by atoms with Crippen LogP contribution in [0.25, 0.3) is 38.8 Å². The molecule has 3 heterocycles. The van der Waals surface area contributed by atoms with Crippen molar-refractivity contribution in [3.8, 4) is 28.4 Å². The number of nitrogens with zero attached hydrogens (tertiary/aromatic N) is 4. The third kappa shape index (κ3) is 8.86. The minimum absolute atomic E-state index is 0.0130. The van der Waals surface area contributed by atoms with Gasteiger partial charge >= 0.3 is 0 Å². The Morgan fingerprint density at radius 1 is 0.433 bits per heavy atom. The first kappa shape index (κ1) is 45.8. The molecule has 0 atom stereocenters.